The molecule has 0 fully saturated rings. The third-order valence-corrected chi connectivity index (χ3v) is 1.94. The van der Waals surface area contributed by atoms with Crippen molar-refractivity contribution in [3.63, 3.8) is 0 Å². The van der Waals surface area contributed by atoms with E-state index in [0.29, 0.717) is 0 Å². The van der Waals surface area contributed by atoms with Gasteiger partial charge in [0.2, 0.25) is 0 Å². The molecule has 0 N–H and O–H groups in total. The summed E-state index contributed by atoms with van der Waals surface area (Å²) in [5.41, 5.74) is 0.215. The third kappa shape index (κ3) is 7.10. The molecular formula is C9H12Na2O3S. The summed E-state index contributed by atoms with van der Waals surface area (Å²) in [6.45, 7) is 5.13. The van der Waals surface area contributed by atoms with Gasteiger partial charge in [0, 0.05) is 5.12 Å². The Hall–Kier alpha value is 1.10. The molecule has 0 aliphatic heterocycles. The third-order valence-electron chi connectivity index (χ3n) is 1.72. The van der Waals surface area contributed by atoms with Gasteiger partial charge in [-0.05, 0) is 23.5 Å². The van der Waals surface area contributed by atoms with E-state index in [4.69, 9.17) is 0 Å². The number of aliphatic carboxylic acids is 1. The first-order valence-electron chi connectivity index (χ1n) is 4.07. The molecule has 0 atom stereocenters. The SMILES string of the molecule is CC/C(C(=O)[O-])=C(/C(=O)[S-])C(C)C.[Na+].[Na+]. The number of carbonyl (C=O) groups is 2. The number of carbonyl (C=O) groups excluding carboxylic acids is 2. The summed E-state index contributed by atoms with van der Waals surface area (Å²) in [7, 11) is 0. The molecule has 0 heterocycles. The zero-order valence-electron chi connectivity index (χ0n) is 9.92. The molecule has 0 spiro atoms. The summed E-state index contributed by atoms with van der Waals surface area (Å²) < 4.78 is 0. The Labute approximate surface area is 140 Å². The average Bonchev–Trinajstić information content (AvgIpc) is 1.97. The quantitative estimate of drug-likeness (QED) is 0.282. The van der Waals surface area contributed by atoms with Gasteiger partial charge in [0.25, 0.3) is 0 Å². The minimum Gasteiger partial charge on any atom is -0.737 e. The summed E-state index contributed by atoms with van der Waals surface area (Å²) >= 11 is 4.45. The first-order valence-corrected chi connectivity index (χ1v) is 4.48. The van der Waals surface area contributed by atoms with Crippen molar-refractivity contribution in [3.05, 3.63) is 11.1 Å². The normalized spacial score (nSPS) is 10.9. The van der Waals surface area contributed by atoms with Gasteiger partial charge < -0.3 is 27.3 Å². The minimum atomic E-state index is -1.30. The second-order valence-electron chi connectivity index (χ2n) is 2.98. The van der Waals surface area contributed by atoms with Gasteiger partial charge in [-0.3, -0.25) is 0 Å². The molecule has 0 unspecified atom stereocenters. The Morgan fingerprint density at radius 3 is 1.73 bits per heavy atom. The smallest absolute Gasteiger partial charge is 0.737 e. The number of hydrogen-bond acceptors (Lipinski definition) is 4. The van der Waals surface area contributed by atoms with Crippen LogP contribution >= 0.6 is 0 Å². The van der Waals surface area contributed by atoms with Crippen LogP contribution in [0.1, 0.15) is 27.2 Å². The Balaban J connectivity index is -0.000000720. The molecule has 0 radical (unpaired) electrons. The van der Waals surface area contributed by atoms with Crippen molar-refractivity contribution >= 4 is 23.7 Å². The van der Waals surface area contributed by atoms with Gasteiger partial charge in [0.1, 0.15) is 0 Å². The van der Waals surface area contributed by atoms with Crippen LogP contribution in [0.3, 0.4) is 0 Å². The van der Waals surface area contributed by atoms with E-state index in [0.717, 1.165) is 0 Å². The largest absolute Gasteiger partial charge is 1.00 e. The van der Waals surface area contributed by atoms with Crippen LogP contribution in [0.5, 0.6) is 0 Å². The van der Waals surface area contributed by atoms with Gasteiger partial charge in [-0.2, -0.15) is 0 Å². The molecular weight excluding hydrogens is 234 g/mol. The molecule has 0 aromatic carbocycles. The fraction of sp³-hybridized carbons (Fsp3) is 0.556. The van der Waals surface area contributed by atoms with E-state index < -0.39 is 11.1 Å². The zero-order chi connectivity index (χ0) is 10.6. The van der Waals surface area contributed by atoms with Gasteiger partial charge >= 0.3 is 59.1 Å². The van der Waals surface area contributed by atoms with E-state index in [1.807, 2.05) is 0 Å². The van der Waals surface area contributed by atoms with Crippen LogP contribution in [0.4, 0.5) is 0 Å². The Bertz CT molecular complexity index is 262. The van der Waals surface area contributed by atoms with Crippen LogP contribution in [0.2, 0.25) is 0 Å². The predicted molar refractivity (Wildman–Crippen MR) is 49.5 cm³/mol. The summed E-state index contributed by atoms with van der Waals surface area (Å²) in [6.07, 6.45) is 0.262. The molecule has 0 rings (SSSR count). The van der Waals surface area contributed by atoms with Crippen LogP contribution in [0.15, 0.2) is 11.1 Å². The van der Waals surface area contributed by atoms with E-state index in [2.05, 4.69) is 12.6 Å². The van der Waals surface area contributed by atoms with Crippen molar-refractivity contribution < 1.29 is 73.8 Å². The van der Waals surface area contributed by atoms with Gasteiger partial charge in [0.05, 0.1) is 5.97 Å². The molecule has 0 aromatic heterocycles. The van der Waals surface area contributed by atoms with Crippen LogP contribution in [0, 0.1) is 5.92 Å². The van der Waals surface area contributed by atoms with Crippen LogP contribution in [-0.2, 0) is 22.2 Å². The van der Waals surface area contributed by atoms with E-state index in [9.17, 15) is 14.7 Å². The van der Waals surface area contributed by atoms with Gasteiger partial charge in [-0.25, -0.2) is 0 Å². The summed E-state index contributed by atoms with van der Waals surface area (Å²) in [4.78, 5) is 21.6. The van der Waals surface area contributed by atoms with Gasteiger partial charge in [0.15, 0.2) is 0 Å². The zero-order valence-corrected chi connectivity index (χ0v) is 14.7. The van der Waals surface area contributed by atoms with Crippen molar-refractivity contribution in [3.8, 4) is 0 Å². The molecule has 0 saturated carbocycles. The van der Waals surface area contributed by atoms with Crippen LogP contribution < -0.4 is 64.2 Å². The van der Waals surface area contributed by atoms with E-state index in [1.54, 1.807) is 20.8 Å². The standard InChI is InChI=1S/C9H14O3S.2Na/c1-4-6(8(10)11)7(5(2)3)9(12)13;;/h5H,4H2,1-3H3,(H,10,11)(H,12,13);;/q;2*+1/p-2/b7-6-;;. The Kier molecular flexibility index (Phi) is 14.6. The minimum absolute atomic E-state index is 0. The molecule has 3 nitrogen and oxygen atoms in total. The van der Waals surface area contributed by atoms with E-state index >= 15 is 0 Å². The van der Waals surface area contributed by atoms with Crippen molar-refractivity contribution in [1.29, 1.82) is 0 Å². The molecule has 0 saturated heterocycles. The second kappa shape index (κ2) is 10.3. The van der Waals surface area contributed by atoms with Gasteiger partial charge in [-0.1, -0.05) is 20.8 Å². The fourth-order valence-corrected chi connectivity index (χ4v) is 1.51. The van der Waals surface area contributed by atoms with E-state index in [-0.39, 0.29) is 82.6 Å². The second-order valence-corrected chi connectivity index (χ2v) is 3.35. The maximum Gasteiger partial charge on any atom is 1.00 e. The Morgan fingerprint density at radius 2 is 1.67 bits per heavy atom. The summed E-state index contributed by atoms with van der Waals surface area (Å²) in [5.74, 6) is -1.47. The number of rotatable bonds is 4. The number of carboxylic acid groups (broad SMARTS) is 1. The van der Waals surface area contributed by atoms with Crippen molar-refractivity contribution in [2.75, 3.05) is 0 Å². The van der Waals surface area contributed by atoms with Crippen molar-refractivity contribution in [2.45, 2.75) is 27.2 Å². The predicted octanol–water partition coefficient (Wildman–Crippen LogP) is -5.82. The van der Waals surface area contributed by atoms with Crippen molar-refractivity contribution in [2.24, 2.45) is 5.92 Å². The Morgan fingerprint density at radius 1 is 1.27 bits per heavy atom. The maximum atomic E-state index is 11.0. The molecule has 0 bridgehead atoms. The maximum absolute atomic E-state index is 11.0. The fourth-order valence-electron chi connectivity index (χ4n) is 1.15. The van der Waals surface area contributed by atoms with E-state index in [1.165, 1.54) is 0 Å². The number of carboxylic acids is 1. The first-order chi connectivity index (χ1) is 5.91. The molecule has 0 aliphatic carbocycles. The molecule has 0 aromatic rings. The molecule has 0 amide bonds. The molecule has 15 heavy (non-hydrogen) atoms. The topological polar surface area (TPSA) is 57.2 Å². The molecule has 74 valence electrons. The molecule has 6 heteroatoms. The summed E-state index contributed by atoms with van der Waals surface area (Å²) in [6, 6.07) is 0. The van der Waals surface area contributed by atoms with Crippen LogP contribution in [-0.4, -0.2) is 11.1 Å². The average molecular weight is 246 g/mol. The van der Waals surface area contributed by atoms with Crippen LogP contribution in [0.25, 0.3) is 0 Å². The molecule has 0 aliphatic rings. The first kappa shape index (κ1) is 21.4. The van der Waals surface area contributed by atoms with Crippen molar-refractivity contribution in [1.82, 2.24) is 0 Å². The van der Waals surface area contributed by atoms with Gasteiger partial charge in [-0.15, -0.1) is 0 Å². The monoisotopic (exact) mass is 246 g/mol. The number of hydrogen-bond donors (Lipinski definition) is 0. The summed E-state index contributed by atoms with van der Waals surface area (Å²) in [5, 5.41) is 10.0.